The number of nitrogens with one attached hydrogen (secondary N) is 1. The Kier molecular flexibility index (Phi) is 5.56. The van der Waals surface area contributed by atoms with Crippen LogP contribution in [0.4, 0.5) is 19.0 Å². The summed E-state index contributed by atoms with van der Waals surface area (Å²) in [6, 6.07) is 7.11. The van der Waals surface area contributed by atoms with Crippen LogP contribution in [0.25, 0.3) is 0 Å². The average molecular weight is 394 g/mol. The van der Waals surface area contributed by atoms with Gasteiger partial charge in [-0.1, -0.05) is 18.2 Å². The Hall–Kier alpha value is -3.06. The van der Waals surface area contributed by atoms with E-state index in [4.69, 9.17) is 0 Å². The van der Waals surface area contributed by atoms with Gasteiger partial charge >= 0.3 is 6.36 Å². The summed E-state index contributed by atoms with van der Waals surface area (Å²) in [5, 5.41) is 18.8. The average Bonchev–Trinajstić information content (AvgIpc) is 3.10. The molecular formula is C18H17F3N4O3. The van der Waals surface area contributed by atoms with E-state index in [-0.39, 0.29) is 41.8 Å². The van der Waals surface area contributed by atoms with Gasteiger partial charge in [-0.15, -0.1) is 13.2 Å². The number of hydrogen-bond acceptors (Lipinski definition) is 6. The SMILES string of the molecule is N#Cc1c(N2CCC[C@H]2CO)nc(Cc2ccccc2OC(F)(F)F)[nH]c1=O. The summed E-state index contributed by atoms with van der Waals surface area (Å²) in [7, 11) is 0. The maximum Gasteiger partial charge on any atom is 0.573 e. The fourth-order valence-corrected chi connectivity index (χ4v) is 3.26. The van der Waals surface area contributed by atoms with E-state index in [1.807, 2.05) is 6.07 Å². The normalized spacial score (nSPS) is 16.8. The first-order valence-electron chi connectivity index (χ1n) is 8.57. The third-order valence-corrected chi connectivity index (χ3v) is 4.48. The summed E-state index contributed by atoms with van der Waals surface area (Å²) in [6.45, 7) is 0.362. The van der Waals surface area contributed by atoms with Gasteiger partial charge in [-0.3, -0.25) is 4.79 Å². The number of H-pyrrole nitrogens is 1. The highest BCUT2D eigenvalue weighted by molar-refractivity contribution is 5.54. The number of hydrogen-bond donors (Lipinski definition) is 2. The predicted molar refractivity (Wildman–Crippen MR) is 93.0 cm³/mol. The molecule has 0 amide bonds. The van der Waals surface area contributed by atoms with Gasteiger partial charge in [0.15, 0.2) is 11.4 Å². The lowest BCUT2D eigenvalue weighted by Crippen LogP contribution is -2.35. The van der Waals surface area contributed by atoms with Crippen LogP contribution in [0, 0.1) is 11.3 Å². The number of nitriles is 1. The largest absolute Gasteiger partial charge is 0.573 e. The third kappa shape index (κ3) is 4.26. The Morgan fingerprint density at radius 3 is 2.82 bits per heavy atom. The van der Waals surface area contributed by atoms with Gasteiger partial charge < -0.3 is 19.7 Å². The molecule has 0 aliphatic carbocycles. The van der Waals surface area contributed by atoms with Crippen molar-refractivity contribution >= 4 is 5.82 Å². The molecule has 28 heavy (non-hydrogen) atoms. The number of halogens is 3. The topological polar surface area (TPSA) is 102 Å². The Morgan fingerprint density at radius 1 is 1.39 bits per heavy atom. The summed E-state index contributed by atoms with van der Waals surface area (Å²) < 4.78 is 41.9. The van der Waals surface area contributed by atoms with Crippen LogP contribution in [-0.4, -0.2) is 40.6 Å². The Balaban J connectivity index is 1.99. The summed E-state index contributed by atoms with van der Waals surface area (Å²) in [4.78, 5) is 20.8. The molecule has 3 rings (SSSR count). The number of para-hydroxylation sites is 1. The van der Waals surface area contributed by atoms with Crippen molar-refractivity contribution in [1.29, 1.82) is 5.26 Å². The van der Waals surface area contributed by atoms with Crippen LogP contribution >= 0.6 is 0 Å². The number of alkyl halides is 3. The van der Waals surface area contributed by atoms with Gasteiger partial charge in [0.1, 0.15) is 17.6 Å². The van der Waals surface area contributed by atoms with E-state index in [9.17, 15) is 28.3 Å². The van der Waals surface area contributed by atoms with Crippen LogP contribution in [0.1, 0.15) is 29.8 Å². The van der Waals surface area contributed by atoms with Crippen LogP contribution < -0.4 is 15.2 Å². The van der Waals surface area contributed by atoms with Crippen molar-refractivity contribution < 1.29 is 23.0 Å². The number of aliphatic hydroxyl groups excluding tert-OH is 1. The zero-order valence-corrected chi connectivity index (χ0v) is 14.7. The van der Waals surface area contributed by atoms with Crippen LogP contribution in [0.3, 0.4) is 0 Å². The van der Waals surface area contributed by atoms with Crippen molar-refractivity contribution in [2.24, 2.45) is 0 Å². The molecule has 2 N–H and O–H groups in total. The van der Waals surface area contributed by atoms with Crippen molar-refractivity contribution in [3.8, 4) is 11.8 Å². The smallest absolute Gasteiger partial charge is 0.405 e. The lowest BCUT2D eigenvalue weighted by atomic mass is 10.1. The van der Waals surface area contributed by atoms with E-state index in [2.05, 4.69) is 14.7 Å². The molecule has 2 heterocycles. The second-order valence-electron chi connectivity index (χ2n) is 6.33. The van der Waals surface area contributed by atoms with Crippen LogP contribution in [0.2, 0.25) is 0 Å². The molecule has 1 aliphatic rings. The van der Waals surface area contributed by atoms with Gasteiger partial charge in [-0.25, -0.2) is 4.98 Å². The standard InChI is InChI=1S/C18H17F3N4O3/c19-18(20,21)28-14-6-2-1-4-11(14)8-15-23-16(13(9-22)17(27)24-15)25-7-3-5-12(25)10-26/h1-2,4,6,12,26H,3,5,7-8,10H2,(H,23,24,27)/t12-/m0/s1. The van der Waals surface area contributed by atoms with Crippen molar-refractivity contribution in [3.63, 3.8) is 0 Å². The lowest BCUT2D eigenvalue weighted by Gasteiger charge is -2.25. The van der Waals surface area contributed by atoms with Gasteiger partial charge in [0.25, 0.3) is 5.56 Å². The molecule has 0 spiro atoms. The first kappa shape index (κ1) is 19.7. The van der Waals surface area contributed by atoms with Crippen LogP contribution in [-0.2, 0) is 6.42 Å². The summed E-state index contributed by atoms with van der Waals surface area (Å²) in [5.41, 5.74) is -0.692. The molecule has 148 valence electrons. The molecule has 1 fully saturated rings. The number of aliphatic hydroxyl groups is 1. The van der Waals surface area contributed by atoms with Gasteiger partial charge in [0.05, 0.1) is 12.6 Å². The number of rotatable bonds is 5. The molecule has 7 nitrogen and oxygen atoms in total. The first-order valence-corrected chi connectivity index (χ1v) is 8.57. The second kappa shape index (κ2) is 7.90. The molecule has 1 aromatic carbocycles. The van der Waals surface area contributed by atoms with E-state index in [0.717, 1.165) is 6.42 Å². The second-order valence-corrected chi connectivity index (χ2v) is 6.33. The molecule has 0 unspecified atom stereocenters. The molecule has 1 aromatic heterocycles. The maximum atomic E-state index is 12.6. The van der Waals surface area contributed by atoms with Crippen molar-refractivity contribution in [3.05, 3.63) is 51.6 Å². The number of ether oxygens (including phenoxy) is 1. The molecule has 1 atom stereocenters. The lowest BCUT2D eigenvalue weighted by molar-refractivity contribution is -0.274. The highest BCUT2D eigenvalue weighted by Gasteiger charge is 2.32. The van der Waals surface area contributed by atoms with E-state index in [0.29, 0.717) is 13.0 Å². The fraction of sp³-hybridized carbons (Fsp3) is 0.389. The van der Waals surface area contributed by atoms with Crippen molar-refractivity contribution in [1.82, 2.24) is 9.97 Å². The molecule has 10 heteroatoms. The zero-order valence-electron chi connectivity index (χ0n) is 14.7. The number of benzene rings is 1. The quantitative estimate of drug-likeness (QED) is 0.805. The zero-order chi connectivity index (χ0) is 20.3. The van der Waals surface area contributed by atoms with Crippen molar-refractivity contribution in [2.45, 2.75) is 31.7 Å². The monoisotopic (exact) mass is 394 g/mol. The van der Waals surface area contributed by atoms with E-state index in [1.165, 1.54) is 18.2 Å². The Morgan fingerprint density at radius 2 is 2.14 bits per heavy atom. The minimum atomic E-state index is -4.85. The van der Waals surface area contributed by atoms with Gasteiger partial charge in [-0.05, 0) is 18.9 Å². The molecule has 0 saturated carbocycles. The summed E-state index contributed by atoms with van der Waals surface area (Å²) >= 11 is 0. The molecule has 0 radical (unpaired) electrons. The first-order chi connectivity index (χ1) is 13.3. The fourth-order valence-electron chi connectivity index (χ4n) is 3.26. The van der Waals surface area contributed by atoms with Gasteiger partial charge in [0.2, 0.25) is 0 Å². The Labute approximate surface area is 158 Å². The predicted octanol–water partition coefficient (Wildman–Crippen LogP) is 2.09. The van der Waals surface area contributed by atoms with E-state index >= 15 is 0 Å². The number of aromatic amines is 1. The third-order valence-electron chi connectivity index (χ3n) is 4.48. The highest BCUT2D eigenvalue weighted by Crippen LogP contribution is 2.29. The molecule has 0 bridgehead atoms. The molecule has 1 aliphatic heterocycles. The molecule has 2 aromatic rings. The molecule has 1 saturated heterocycles. The van der Waals surface area contributed by atoms with Gasteiger partial charge in [-0.2, -0.15) is 5.26 Å². The van der Waals surface area contributed by atoms with Crippen molar-refractivity contribution in [2.75, 3.05) is 18.1 Å². The number of nitrogens with zero attached hydrogens (tertiary/aromatic N) is 3. The maximum absolute atomic E-state index is 12.6. The summed E-state index contributed by atoms with van der Waals surface area (Å²) in [5.74, 6) is -0.161. The van der Waals surface area contributed by atoms with E-state index < -0.39 is 17.7 Å². The van der Waals surface area contributed by atoms with Gasteiger partial charge in [0, 0.05) is 18.5 Å². The minimum absolute atomic E-state index is 0.0980. The highest BCUT2D eigenvalue weighted by atomic mass is 19.4. The Bertz CT molecular complexity index is 952. The number of anilines is 1. The minimum Gasteiger partial charge on any atom is -0.405 e. The number of aromatic nitrogens is 2. The van der Waals surface area contributed by atoms with Crippen LogP contribution in [0.15, 0.2) is 29.1 Å². The van der Waals surface area contributed by atoms with E-state index in [1.54, 1.807) is 11.0 Å². The summed E-state index contributed by atoms with van der Waals surface area (Å²) in [6.07, 6.45) is -3.52. The molecular weight excluding hydrogens is 377 g/mol. The van der Waals surface area contributed by atoms with Crippen LogP contribution in [0.5, 0.6) is 5.75 Å².